The van der Waals surface area contributed by atoms with Gasteiger partial charge in [-0.25, -0.2) is 0 Å². The fourth-order valence-corrected chi connectivity index (χ4v) is 3.26. The highest BCUT2D eigenvalue weighted by molar-refractivity contribution is 5.76. The number of nitrogens with one attached hydrogen (secondary N) is 2. The van der Waals surface area contributed by atoms with E-state index in [1.54, 1.807) is 0 Å². The van der Waals surface area contributed by atoms with Gasteiger partial charge in [0.25, 0.3) is 0 Å². The summed E-state index contributed by atoms with van der Waals surface area (Å²) in [5, 5.41) is 6.00. The maximum atomic E-state index is 11.6. The molecule has 0 radical (unpaired) electrons. The summed E-state index contributed by atoms with van der Waals surface area (Å²) in [4.78, 5) is 11.6. The monoisotopic (exact) mass is 210 g/mol. The third kappa shape index (κ3) is 2.71. The Morgan fingerprint density at radius 3 is 2.73 bits per heavy atom. The normalized spacial score (nSPS) is 33.3. The summed E-state index contributed by atoms with van der Waals surface area (Å²) >= 11 is 0. The van der Waals surface area contributed by atoms with Crippen LogP contribution >= 0.6 is 0 Å². The van der Waals surface area contributed by atoms with E-state index < -0.39 is 0 Å². The molecule has 0 spiro atoms. The fraction of sp³-hybridized carbons (Fsp3) is 0.917. The first-order chi connectivity index (χ1) is 7.29. The first kappa shape index (κ1) is 10.9. The molecule has 2 aliphatic carbocycles. The van der Waals surface area contributed by atoms with E-state index >= 15 is 0 Å². The van der Waals surface area contributed by atoms with Crippen molar-refractivity contribution >= 4 is 5.91 Å². The molecule has 0 aromatic rings. The molecule has 0 aliphatic heterocycles. The average Bonchev–Trinajstić information content (AvgIpc) is 2.79. The molecule has 2 fully saturated rings. The first-order valence-electron chi connectivity index (χ1n) is 6.21. The molecule has 3 unspecified atom stereocenters. The predicted molar refractivity (Wildman–Crippen MR) is 60.5 cm³/mol. The van der Waals surface area contributed by atoms with Crippen molar-refractivity contribution in [3.63, 3.8) is 0 Å². The van der Waals surface area contributed by atoms with Crippen LogP contribution in [0.15, 0.2) is 0 Å². The molecule has 0 aromatic heterocycles. The predicted octanol–water partition coefficient (Wildman–Crippen LogP) is 1.15. The lowest BCUT2D eigenvalue weighted by Crippen LogP contribution is -2.32. The van der Waals surface area contributed by atoms with Crippen LogP contribution in [0.1, 0.15) is 32.1 Å². The molecule has 0 aromatic carbocycles. The molecule has 2 bridgehead atoms. The minimum atomic E-state index is 0.253. The van der Waals surface area contributed by atoms with Crippen LogP contribution < -0.4 is 10.6 Å². The number of fused-ring (bicyclic) bond motifs is 2. The molecule has 2 aliphatic rings. The minimum Gasteiger partial charge on any atom is -0.355 e. The van der Waals surface area contributed by atoms with Gasteiger partial charge in [-0.2, -0.15) is 0 Å². The van der Waals surface area contributed by atoms with E-state index in [1.807, 2.05) is 7.05 Å². The number of hydrogen-bond acceptors (Lipinski definition) is 2. The number of carbonyl (C=O) groups excluding carboxylic acids is 1. The van der Waals surface area contributed by atoms with Gasteiger partial charge in [-0.1, -0.05) is 6.42 Å². The standard InChI is InChI=1S/C12H22N2O/c1-13-4-5-14-12(15)8-11-7-9-2-3-10(11)6-9/h9-11,13H,2-8H2,1H3,(H,14,15). The van der Waals surface area contributed by atoms with E-state index in [1.165, 1.54) is 25.7 Å². The Labute approximate surface area is 92.0 Å². The lowest BCUT2D eigenvalue weighted by atomic mass is 9.86. The van der Waals surface area contributed by atoms with Gasteiger partial charge in [0.1, 0.15) is 0 Å². The highest BCUT2D eigenvalue weighted by Crippen LogP contribution is 2.49. The second kappa shape index (κ2) is 4.97. The fourth-order valence-electron chi connectivity index (χ4n) is 3.26. The molecule has 3 atom stereocenters. The third-order valence-corrected chi connectivity index (χ3v) is 4.03. The molecule has 15 heavy (non-hydrogen) atoms. The molecule has 1 amide bonds. The molecule has 2 rings (SSSR count). The zero-order chi connectivity index (χ0) is 10.7. The van der Waals surface area contributed by atoms with Crippen molar-refractivity contribution in [2.75, 3.05) is 20.1 Å². The Morgan fingerprint density at radius 1 is 1.27 bits per heavy atom. The Morgan fingerprint density at radius 2 is 2.13 bits per heavy atom. The number of rotatable bonds is 5. The van der Waals surface area contributed by atoms with Gasteiger partial charge >= 0.3 is 0 Å². The molecule has 86 valence electrons. The van der Waals surface area contributed by atoms with Gasteiger partial charge in [-0.15, -0.1) is 0 Å². The maximum Gasteiger partial charge on any atom is 0.220 e. The Hall–Kier alpha value is -0.570. The molecule has 2 saturated carbocycles. The summed E-state index contributed by atoms with van der Waals surface area (Å²) in [6, 6.07) is 0. The summed E-state index contributed by atoms with van der Waals surface area (Å²) in [7, 11) is 1.90. The number of carbonyl (C=O) groups is 1. The Balaban J connectivity index is 1.66. The van der Waals surface area contributed by atoms with Gasteiger partial charge < -0.3 is 10.6 Å². The Kier molecular flexibility index (Phi) is 3.62. The van der Waals surface area contributed by atoms with Crippen LogP contribution in [0.25, 0.3) is 0 Å². The van der Waals surface area contributed by atoms with Crippen LogP contribution in [-0.2, 0) is 4.79 Å². The van der Waals surface area contributed by atoms with Crippen LogP contribution in [0.5, 0.6) is 0 Å². The topological polar surface area (TPSA) is 41.1 Å². The summed E-state index contributed by atoms with van der Waals surface area (Å²) in [5.41, 5.74) is 0. The van der Waals surface area contributed by atoms with Crippen molar-refractivity contribution in [3.8, 4) is 0 Å². The van der Waals surface area contributed by atoms with E-state index in [2.05, 4.69) is 10.6 Å². The van der Waals surface area contributed by atoms with Crippen LogP contribution in [0.3, 0.4) is 0 Å². The van der Waals surface area contributed by atoms with E-state index in [0.717, 1.165) is 31.3 Å². The molecular weight excluding hydrogens is 188 g/mol. The second-order valence-electron chi connectivity index (χ2n) is 5.09. The van der Waals surface area contributed by atoms with Crippen molar-refractivity contribution in [3.05, 3.63) is 0 Å². The largest absolute Gasteiger partial charge is 0.355 e. The van der Waals surface area contributed by atoms with Crippen molar-refractivity contribution in [1.29, 1.82) is 0 Å². The number of likely N-dealkylation sites (N-methyl/N-ethyl adjacent to an activating group) is 1. The van der Waals surface area contributed by atoms with E-state index in [0.29, 0.717) is 5.92 Å². The molecule has 3 nitrogen and oxygen atoms in total. The van der Waals surface area contributed by atoms with Crippen LogP contribution in [-0.4, -0.2) is 26.0 Å². The summed E-state index contributed by atoms with van der Waals surface area (Å²) < 4.78 is 0. The van der Waals surface area contributed by atoms with Crippen LogP contribution in [0.4, 0.5) is 0 Å². The SMILES string of the molecule is CNCCNC(=O)CC1CC2CCC1C2. The molecule has 2 N–H and O–H groups in total. The molecule has 0 heterocycles. The highest BCUT2D eigenvalue weighted by atomic mass is 16.1. The summed E-state index contributed by atoms with van der Waals surface area (Å²) in [5.74, 6) is 2.76. The van der Waals surface area contributed by atoms with Crippen LogP contribution in [0, 0.1) is 17.8 Å². The van der Waals surface area contributed by atoms with Crippen molar-refractivity contribution in [2.45, 2.75) is 32.1 Å². The molecule has 3 heteroatoms. The summed E-state index contributed by atoms with van der Waals surface area (Å²) in [6.07, 6.45) is 6.27. The molecule has 0 saturated heterocycles. The van der Waals surface area contributed by atoms with E-state index in [9.17, 15) is 4.79 Å². The molecular formula is C12H22N2O. The van der Waals surface area contributed by atoms with Gasteiger partial charge in [0.05, 0.1) is 0 Å². The van der Waals surface area contributed by atoms with Gasteiger partial charge in [-0.3, -0.25) is 4.79 Å². The highest BCUT2D eigenvalue weighted by Gasteiger charge is 2.39. The van der Waals surface area contributed by atoms with Gasteiger partial charge in [0.15, 0.2) is 0 Å². The zero-order valence-electron chi connectivity index (χ0n) is 9.59. The van der Waals surface area contributed by atoms with Gasteiger partial charge in [-0.05, 0) is 44.1 Å². The number of amides is 1. The average molecular weight is 210 g/mol. The van der Waals surface area contributed by atoms with Gasteiger partial charge in [0, 0.05) is 19.5 Å². The van der Waals surface area contributed by atoms with Gasteiger partial charge in [0.2, 0.25) is 5.91 Å². The van der Waals surface area contributed by atoms with E-state index in [-0.39, 0.29) is 5.91 Å². The quantitative estimate of drug-likeness (QED) is 0.668. The Bertz CT molecular complexity index is 230. The maximum absolute atomic E-state index is 11.6. The lowest BCUT2D eigenvalue weighted by Gasteiger charge is -2.20. The first-order valence-corrected chi connectivity index (χ1v) is 6.21. The van der Waals surface area contributed by atoms with Crippen LogP contribution in [0.2, 0.25) is 0 Å². The van der Waals surface area contributed by atoms with E-state index in [4.69, 9.17) is 0 Å². The third-order valence-electron chi connectivity index (χ3n) is 4.03. The van der Waals surface area contributed by atoms with Crippen molar-refractivity contribution in [1.82, 2.24) is 10.6 Å². The number of hydrogen-bond donors (Lipinski definition) is 2. The smallest absolute Gasteiger partial charge is 0.220 e. The van der Waals surface area contributed by atoms with Crippen molar-refractivity contribution < 1.29 is 4.79 Å². The summed E-state index contributed by atoms with van der Waals surface area (Å²) in [6.45, 7) is 1.62. The minimum absolute atomic E-state index is 0.253. The zero-order valence-corrected chi connectivity index (χ0v) is 9.59. The second-order valence-corrected chi connectivity index (χ2v) is 5.09. The van der Waals surface area contributed by atoms with Crippen molar-refractivity contribution in [2.24, 2.45) is 17.8 Å². The lowest BCUT2D eigenvalue weighted by molar-refractivity contribution is -0.122.